The van der Waals surface area contributed by atoms with Gasteiger partial charge in [-0.15, -0.1) is 0 Å². The molecule has 0 bridgehead atoms. The number of esters is 1. The van der Waals surface area contributed by atoms with E-state index in [4.69, 9.17) is 4.74 Å². The topological polar surface area (TPSA) is 69.9 Å². The zero-order valence-corrected chi connectivity index (χ0v) is 11.0. The van der Waals surface area contributed by atoms with Crippen LogP contribution < -0.4 is 0 Å². The van der Waals surface area contributed by atoms with Crippen molar-refractivity contribution in [2.75, 3.05) is 19.8 Å². The van der Waals surface area contributed by atoms with Crippen LogP contribution in [0.2, 0.25) is 0 Å². The Bertz CT molecular complexity index is 356. The molecule has 1 N–H and O–H groups in total. The molecule has 6 heteroatoms. The third-order valence-corrected chi connectivity index (χ3v) is 2.68. The number of aliphatic hydroxyl groups excluding tert-OH is 1. The summed E-state index contributed by atoms with van der Waals surface area (Å²) in [6, 6.07) is -0.0111. The van der Waals surface area contributed by atoms with E-state index in [1.807, 2.05) is 6.92 Å². The fourth-order valence-corrected chi connectivity index (χ4v) is 1.51. The lowest BCUT2D eigenvalue weighted by molar-refractivity contribution is -0.144. The van der Waals surface area contributed by atoms with Crippen LogP contribution in [0.5, 0.6) is 0 Å². The Balaban J connectivity index is 2.45. The van der Waals surface area contributed by atoms with E-state index < -0.39 is 18.8 Å². The van der Waals surface area contributed by atoms with E-state index in [0.29, 0.717) is 12.1 Å². The molecule has 2 unspecified atom stereocenters. The molecule has 1 aliphatic heterocycles. The lowest BCUT2D eigenvalue weighted by Crippen LogP contribution is -2.41. The van der Waals surface area contributed by atoms with Gasteiger partial charge < -0.3 is 14.7 Å². The molecule has 6 nitrogen and oxygen atoms in total. The number of nitrogens with zero attached hydrogens (tertiary/aromatic N) is 2. The SMILES string of the molecule is C=C(C)C(=O)OC(C)CN(CO)C(=O)N1CC1C. The molecule has 0 saturated carbocycles. The van der Waals surface area contributed by atoms with Gasteiger partial charge in [0.05, 0.1) is 6.54 Å². The van der Waals surface area contributed by atoms with Gasteiger partial charge in [-0.05, 0) is 20.8 Å². The number of urea groups is 1. The Morgan fingerprint density at radius 1 is 1.61 bits per heavy atom. The van der Waals surface area contributed by atoms with E-state index in [9.17, 15) is 14.7 Å². The average molecular weight is 256 g/mol. The minimum Gasteiger partial charge on any atom is -0.457 e. The normalized spacial score (nSPS) is 19.1. The number of carbonyl (C=O) groups is 2. The van der Waals surface area contributed by atoms with E-state index in [1.54, 1.807) is 18.7 Å². The molecule has 18 heavy (non-hydrogen) atoms. The second kappa shape index (κ2) is 5.86. The van der Waals surface area contributed by atoms with Crippen molar-refractivity contribution in [1.82, 2.24) is 9.80 Å². The first-order valence-electron chi connectivity index (χ1n) is 5.89. The Morgan fingerprint density at radius 2 is 2.17 bits per heavy atom. The summed E-state index contributed by atoms with van der Waals surface area (Å²) >= 11 is 0. The van der Waals surface area contributed by atoms with Crippen LogP contribution in [0.15, 0.2) is 12.2 Å². The third-order valence-electron chi connectivity index (χ3n) is 2.68. The molecular formula is C12H20N2O4. The van der Waals surface area contributed by atoms with Crippen molar-refractivity contribution < 1.29 is 19.4 Å². The highest BCUT2D eigenvalue weighted by atomic mass is 16.5. The van der Waals surface area contributed by atoms with Gasteiger partial charge in [0, 0.05) is 18.2 Å². The molecule has 0 spiro atoms. The van der Waals surface area contributed by atoms with Gasteiger partial charge in [0.15, 0.2) is 0 Å². The summed E-state index contributed by atoms with van der Waals surface area (Å²) in [5.74, 6) is -0.493. The number of rotatable bonds is 5. The maximum atomic E-state index is 11.8. The van der Waals surface area contributed by atoms with E-state index in [0.717, 1.165) is 0 Å². The first-order valence-corrected chi connectivity index (χ1v) is 5.89. The largest absolute Gasteiger partial charge is 0.457 e. The Labute approximate surface area is 107 Å². The molecule has 1 rings (SSSR count). The summed E-state index contributed by atoms with van der Waals surface area (Å²) < 4.78 is 5.06. The quantitative estimate of drug-likeness (QED) is 0.338. The molecule has 0 radical (unpaired) electrons. The van der Waals surface area contributed by atoms with Crippen LogP contribution in [0.3, 0.4) is 0 Å². The highest BCUT2D eigenvalue weighted by Crippen LogP contribution is 2.18. The third kappa shape index (κ3) is 3.73. The lowest BCUT2D eigenvalue weighted by Gasteiger charge is -2.24. The number of hydrogen-bond donors (Lipinski definition) is 1. The minimum atomic E-state index is -0.493. The van der Waals surface area contributed by atoms with Crippen molar-refractivity contribution in [2.45, 2.75) is 32.9 Å². The van der Waals surface area contributed by atoms with Crippen molar-refractivity contribution in [3.8, 4) is 0 Å². The smallest absolute Gasteiger partial charge is 0.333 e. The summed E-state index contributed by atoms with van der Waals surface area (Å²) in [7, 11) is 0. The maximum Gasteiger partial charge on any atom is 0.333 e. The van der Waals surface area contributed by atoms with Crippen molar-refractivity contribution in [3.05, 3.63) is 12.2 Å². The van der Waals surface area contributed by atoms with Crippen LogP contribution in [0.4, 0.5) is 4.79 Å². The van der Waals surface area contributed by atoms with E-state index in [1.165, 1.54) is 4.90 Å². The first kappa shape index (κ1) is 14.5. The Hall–Kier alpha value is -1.56. The van der Waals surface area contributed by atoms with Gasteiger partial charge in [-0.2, -0.15) is 0 Å². The predicted octanol–water partition coefficient (Wildman–Crippen LogP) is 0.570. The first-order chi connectivity index (χ1) is 8.36. The van der Waals surface area contributed by atoms with Gasteiger partial charge in [-0.3, -0.25) is 4.90 Å². The highest BCUT2D eigenvalue weighted by molar-refractivity contribution is 5.87. The number of ether oxygens (including phenoxy) is 1. The fourth-order valence-electron chi connectivity index (χ4n) is 1.51. The molecule has 1 aliphatic rings. The second-order valence-corrected chi connectivity index (χ2v) is 4.64. The van der Waals surface area contributed by atoms with Crippen LogP contribution in [0.1, 0.15) is 20.8 Å². The highest BCUT2D eigenvalue weighted by Gasteiger charge is 2.37. The van der Waals surface area contributed by atoms with Crippen LogP contribution >= 0.6 is 0 Å². The zero-order chi connectivity index (χ0) is 13.9. The maximum absolute atomic E-state index is 11.8. The minimum absolute atomic E-state index is 0.164. The van der Waals surface area contributed by atoms with E-state index in [-0.39, 0.29) is 18.6 Å². The number of carbonyl (C=O) groups excluding carboxylic acids is 2. The van der Waals surface area contributed by atoms with Crippen molar-refractivity contribution >= 4 is 12.0 Å². The van der Waals surface area contributed by atoms with Crippen molar-refractivity contribution in [2.24, 2.45) is 0 Å². The molecular weight excluding hydrogens is 236 g/mol. The molecule has 1 fully saturated rings. The molecule has 0 aromatic heterocycles. The average Bonchev–Trinajstić information content (AvgIpc) is 3.02. The molecule has 0 aromatic carbocycles. The molecule has 0 aliphatic carbocycles. The van der Waals surface area contributed by atoms with Crippen molar-refractivity contribution in [3.63, 3.8) is 0 Å². The van der Waals surface area contributed by atoms with Crippen LogP contribution in [0.25, 0.3) is 0 Å². The Kier molecular flexibility index (Phi) is 4.72. The van der Waals surface area contributed by atoms with E-state index >= 15 is 0 Å². The number of hydrogen-bond acceptors (Lipinski definition) is 4. The van der Waals surface area contributed by atoms with Gasteiger partial charge in [-0.1, -0.05) is 6.58 Å². The molecule has 1 saturated heterocycles. The predicted molar refractivity (Wildman–Crippen MR) is 65.7 cm³/mol. The van der Waals surface area contributed by atoms with Crippen LogP contribution in [-0.2, 0) is 9.53 Å². The molecule has 2 atom stereocenters. The number of amides is 2. The summed E-state index contributed by atoms with van der Waals surface area (Å²) in [4.78, 5) is 26.0. The zero-order valence-electron chi connectivity index (χ0n) is 11.0. The molecule has 0 aromatic rings. The van der Waals surface area contributed by atoms with Gasteiger partial charge in [0.25, 0.3) is 0 Å². The van der Waals surface area contributed by atoms with Crippen LogP contribution in [0, 0.1) is 0 Å². The van der Waals surface area contributed by atoms with Gasteiger partial charge in [-0.25, -0.2) is 9.59 Å². The standard InChI is InChI=1S/C12H20N2O4/c1-8(2)11(16)18-10(4)6-13(7-15)12(17)14-5-9(14)3/h9-10,15H,1,5-7H2,2-4H3. The fraction of sp³-hybridized carbons (Fsp3) is 0.667. The van der Waals surface area contributed by atoms with Crippen molar-refractivity contribution in [1.29, 1.82) is 0 Å². The summed E-state index contributed by atoms with van der Waals surface area (Å²) in [6.07, 6.45) is -0.486. The van der Waals surface area contributed by atoms with E-state index in [2.05, 4.69) is 6.58 Å². The lowest BCUT2D eigenvalue weighted by atomic mass is 10.3. The molecule has 1 heterocycles. The summed E-state index contributed by atoms with van der Waals surface area (Å²) in [6.45, 7) is 9.11. The van der Waals surface area contributed by atoms with Gasteiger partial charge in [0.1, 0.15) is 12.8 Å². The second-order valence-electron chi connectivity index (χ2n) is 4.64. The summed E-state index contributed by atoms with van der Waals surface area (Å²) in [5, 5.41) is 9.17. The molecule has 102 valence electrons. The number of aliphatic hydroxyl groups is 1. The van der Waals surface area contributed by atoms with Gasteiger partial charge >= 0.3 is 12.0 Å². The molecule has 2 amide bonds. The van der Waals surface area contributed by atoms with Crippen LogP contribution in [-0.4, -0.2) is 58.9 Å². The monoisotopic (exact) mass is 256 g/mol. The Morgan fingerprint density at radius 3 is 2.56 bits per heavy atom. The van der Waals surface area contributed by atoms with Gasteiger partial charge in [0.2, 0.25) is 0 Å². The summed E-state index contributed by atoms with van der Waals surface area (Å²) in [5.41, 5.74) is 0.309.